The summed E-state index contributed by atoms with van der Waals surface area (Å²) in [6.07, 6.45) is 2.28. The lowest BCUT2D eigenvalue weighted by Crippen LogP contribution is -2.38. The first-order chi connectivity index (χ1) is 13.9. The summed E-state index contributed by atoms with van der Waals surface area (Å²) in [5.74, 6) is 0.896. The van der Waals surface area contributed by atoms with Crippen LogP contribution >= 0.6 is 0 Å². The standard InChI is InChI=1S/C22H25N5O2/c1-22(2,3)20-19(14-4-5-16-15(12-14)13-18(28)24-16)17-6-7-23-21(27(17)25-20)26-8-10-29-11-9-26/h4-7,12H,8-11,13H2,1-3H3,(H,24,28). The van der Waals surface area contributed by atoms with Crippen molar-refractivity contribution in [1.82, 2.24) is 14.6 Å². The van der Waals surface area contributed by atoms with Crippen molar-refractivity contribution >= 4 is 23.1 Å². The highest BCUT2D eigenvalue weighted by Gasteiger charge is 2.28. The summed E-state index contributed by atoms with van der Waals surface area (Å²) >= 11 is 0. The molecule has 1 fully saturated rings. The molecule has 2 aliphatic heterocycles. The minimum absolute atomic E-state index is 0.0480. The van der Waals surface area contributed by atoms with E-state index in [2.05, 4.69) is 48.1 Å². The lowest BCUT2D eigenvalue weighted by Gasteiger charge is -2.27. The van der Waals surface area contributed by atoms with Gasteiger partial charge in [-0.05, 0) is 29.3 Å². The number of hydrogen-bond donors (Lipinski definition) is 1. The zero-order valence-corrected chi connectivity index (χ0v) is 17.0. The first-order valence-corrected chi connectivity index (χ1v) is 10.1. The van der Waals surface area contributed by atoms with E-state index in [1.54, 1.807) is 0 Å². The Bertz CT molecular complexity index is 1110. The first kappa shape index (κ1) is 18.1. The molecule has 1 saturated heterocycles. The number of aromatic nitrogens is 3. The molecule has 1 amide bonds. The van der Waals surface area contributed by atoms with E-state index < -0.39 is 0 Å². The van der Waals surface area contributed by atoms with Gasteiger partial charge in [-0.3, -0.25) is 4.79 Å². The Balaban J connectivity index is 1.72. The van der Waals surface area contributed by atoms with Gasteiger partial charge in [0.15, 0.2) is 0 Å². The molecule has 7 nitrogen and oxygen atoms in total. The molecule has 0 atom stereocenters. The fourth-order valence-electron chi connectivity index (χ4n) is 4.14. The maximum atomic E-state index is 11.8. The summed E-state index contributed by atoms with van der Waals surface area (Å²) in [5.41, 5.74) is 6.05. The second-order valence-corrected chi connectivity index (χ2v) is 8.71. The Morgan fingerprint density at radius 2 is 1.93 bits per heavy atom. The number of nitrogens with one attached hydrogen (secondary N) is 1. The van der Waals surface area contributed by atoms with E-state index in [-0.39, 0.29) is 11.3 Å². The van der Waals surface area contributed by atoms with E-state index in [1.807, 2.05) is 22.8 Å². The molecule has 150 valence electrons. The number of nitrogens with zero attached hydrogens (tertiary/aromatic N) is 4. The van der Waals surface area contributed by atoms with E-state index in [0.717, 1.165) is 52.6 Å². The van der Waals surface area contributed by atoms with E-state index >= 15 is 0 Å². The van der Waals surface area contributed by atoms with E-state index in [4.69, 9.17) is 9.84 Å². The molecule has 0 unspecified atom stereocenters. The molecule has 0 aliphatic carbocycles. The average Bonchev–Trinajstić information content (AvgIpc) is 3.27. The molecule has 5 rings (SSSR count). The monoisotopic (exact) mass is 391 g/mol. The fourth-order valence-corrected chi connectivity index (χ4v) is 4.14. The highest BCUT2D eigenvalue weighted by atomic mass is 16.5. The van der Waals surface area contributed by atoms with Crippen molar-refractivity contribution in [2.45, 2.75) is 32.6 Å². The van der Waals surface area contributed by atoms with Gasteiger partial charge in [0, 0.05) is 36.0 Å². The third-order valence-electron chi connectivity index (χ3n) is 5.56. The summed E-state index contributed by atoms with van der Waals surface area (Å²) < 4.78 is 7.47. The molecular formula is C22H25N5O2. The summed E-state index contributed by atoms with van der Waals surface area (Å²) in [5, 5.41) is 7.95. The average molecular weight is 391 g/mol. The predicted octanol–water partition coefficient (Wildman–Crippen LogP) is 3.03. The molecule has 7 heteroatoms. The number of fused-ring (bicyclic) bond motifs is 2. The zero-order valence-electron chi connectivity index (χ0n) is 17.0. The van der Waals surface area contributed by atoms with Gasteiger partial charge in [-0.15, -0.1) is 0 Å². The molecule has 1 aromatic carbocycles. The SMILES string of the molecule is CC(C)(C)c1nn2c(N3CCOCC3)nccc2c1-c1ccc2c(c1)CC(=O)N2. The van der Waals surface area contributed by atoms with Crippen molar-refractivity contribution in [2.75, 3.05) is 36.5 Å². The van der Waals surface area contributed by atoms with Crippen molar-refractivity contribution in [3.8, 4) is 11.1 Å². The molecule has 0 radical (unpaired) electrons. The minimum Gasteiger partial charge on any atom is -0.378 e. The molecule has 0 spiro atoms. The molecule has 29 heavy (non-hydrogen) atoms. The Kier molecular flexibility index (Phi) is 4.10. The maximum absolute atomic E-state index is 11.8. The van der Waals surface area contributed by atoms with Crippen molar-refractivity contribution in [2.24, 2.45) is 0 Å². The fraction of sp³-hybridized carbons (Fsp3) is 0.409. The van der Waals surface area contributed by atoms with Crippen LogP contribution in [0.5, 0.6) is 0 Å². The normalized spacial score (nSPS) is 16.9. The van der Waals surface area contributed by atoms with Gasteiger partial charge in [0.05, 0.1) is 30.8 Å². The number of carbonyl (C=O) groups excluding carboxylic acids is 1. The Hall–Kier alpha value is -2.93. The molecule has 0 bridgehead atoms. The summed E-state index contributed by atoms with van der Waals surface area (Å²) in [7, 11) is 0. The quantitative estimate of drug-likeness (QED) is 0.727. The van der Waals surface area contributed by atoms with Crippen molar-refractivity contribution in [3.63, 3.8) is 0 Å². The molecule has 3 aromatic rings. The van der Waals surface area contributed by atoms with Crippen LogP contribution in [0.25, 0.3) is 16.6 Å². The topological polar surface area (TPSA) is 71.8 Å². The van der Waals surface area contributed by atoms with Crippen molar-refractivity contribution < 1.29 is 9.53 Å². The third-order valence-corrected chi connectivity index (χ3v) is 5.56. The number of ether oxygens (including phenoxy) is 1. The van der Waals surface area contributed by atoms with E-state index in [1.165, 1.54) is 0 Å². The Morgan fingerprint density at radius 1 is 1.14 bits per heavy atom. The van der Waals surface area contributed by atoms with Crippen molar-refractivity contribution in [3.05, 3.63) is 41.7 Å². The molecule has 2 aromatic heterocycles. The largest absolute Gasteiger partial charge is 0.378 e. The van der Waals surface area contributed by atoms with Crippen molar-refractivity contribution in [1.29, 1.82) is 0 Å². The number of benzene rings is 1. The second-order valence-electron chi connectivity index (χ2n) is 8.71. The van der Waals surface area contributed by atoms with E-state index in [0.29, 0.717) is 19.6 Å². The number of carbonyl (C=O) groups is 1. The van der Waals surface area contributed by atoms with E-state index in [9.17, 15) is 4.79 Å². The van der Waals surface area contributed by atoms with Crippen LogP contribution in [-0.2, 0) is 21.4 Å². The van der Waals surface area contributed by atoms with Gasteiger partial charge in [-0.25, -0.2) is 4.98 Å². The first-order valence-electron chi connectivity index (χ1n) is 10.1. The lowest BCUT2D eigenvalue weighted by molar-refractivity contribution is -0.115. The van der Waals surface area contributed by atoms with Crippen LogP contribution in [0, 0.1) is 0 Å². The predicted molar refractivity (Wildman–Crippen MR) is 112 cm³/mol. The van der Waals surface area contributed by atoms with Crippen LogP contribution in [0.15, 0.2) is 30.5 Å². The van der Waals surface area contributed by atoms with Crippen LogP contribution in [-0.4, -0.2) is 46.8 Å². The van der Waals surface area contributed by atoms with Gasteiger partial charge in [-0.2, -0.15) is 9.61 Å². The van der Waals surface area contributed by atoms with Gasteiger partial charge in [0.25, 0.3) is 0 Å². The summed E-state index contributed by atoms with van der Waals surface area (Å²) in [4.78, 5) is 18.7. The highest BCUT2D eigenvalue weighted by Crippen LogP contribution is 2.38. The number of morpholine rings is 1. The number of amides is 1. The molecule has 1 N–H and O–H groups in total. The third kappa shape index (κ3) is 3.06. The summed E-state index contributed by atoms with van der Waals surface area (Å²) in [6, 6.07) is 8.22. The number of anilines is 2. The number of hydrogen-bond acceptors (Lipinski definition) is 5. The number of rotatable bonds is 2. The molecular weight excluding hydrogens is 366 g/mol. The maximum Gasteiger partial charge on any atom is 0.228 e. The van der Waals surface area contributed by atoms with Crippen LogP contribution < -0.4 is 10.2 Å². The Morgan fingerprint density at radius 3 is 2.69 bits per heavy atom. The van der Waals surface area contributed by atoms with Gasteiger partial charge in [0.2, 0.25) is 11.9 Å². The van der Waals surface area contributed by atoms with Gasteiger partial charge >= 0.3 is 0 Å². The molecule has 0 saturated carbocycles. The van der Waals surface area contributed by atoms with Crippen LogP contribution in [0.4, 0.5) is 11.6 Å². The molecule has 4 heterocycles. The minimum atomic E-state index is -0.142. The summed E-state index contributed by atoms with van der Waals surface area (Å²) in [6.45, 7) is 9.54. The molecule has 2 aliphatic rings. The smallest absolute Gasteiger partial charge is 0.228 e. The Labute approximate surface area is 169 Å². The lowest BCUT2D eigenvalue weighted by atomic mass is 9.86. The highest BCUT2D eigenvalue weighted by molar-refractivity contribution is 6.00. The zero-order chi connectivity index (χ0) is 20.2. The second kappa shape index (κ2) is 6.56. The van der Waals surface area contributed by atoms with Gasteiger partial charge < -0.3 is 15.0 Å². The van der Waals surface area contributed by atoms with Crippen LogP contribution in [0.3, 0.4) is 0 Å². The van der Waals surface area contributed by atoms with Crippen LogP contribution in [0.2, 0.25) is 0 Å². The van der Waals surface area contributed by atoms with Gasteiger partial charge in [0.1, 0.15) is 0 Å². The van der Waals surface area contributed by atoms with Gasteiger partial charge in [-0.1, -0.05) is 26.8 Å². The van der Waals surface area contributed by atoms with Crippen LogP contribution in [0.1, 0.15) is 32.0 Å².